The summed E-state index contributed by atoms with van der Waals surface area (Å²) in [4.78, 5) is 12.9. The van der Waals surface area contributed by atoms with Crippen molar-refractivity contribution in [1.29, 1.82) is 0 Å². The minimum Gasteiger partial charge on any atom is -0.446 e. The number of nitrogens with one attached hydrogen (secondary N) is 1. The Hall–Kier alpha value is -2.03. The van der Waals surface area contributed by atoms with Gasteiger partial charge in [0.05, 0.1) is 0 Å². The van der Waals surface area contributed by atoms with E-state index in [1.54, 1.807) is 0 Å². The van der Waals surface area contributed by atoms with Crippen molar-refractivity contribution in [2.75, 3.05) is 5.32 Å². The Kier molecular flexibility index (Phi) is 8.20. The largest absolute Gasteiger partial charge is 0.446 e. The van der Waals surface area contributed by atoms with Crippen LogP contribution in [0.25, 0.3) is 10.8 Å². The summed E-state index contributed by atoms with van der Waals surface area (Å²) in [5.41, 5.74) is 1.78. The van der Waals surface area contributed by atoms with E-state index in [1.807, 2.05) is 24.3 Å². The van der Waals surface area contributed by atoms with Crippen LogP contribution in [0.15, 0.2) is 42.5 Å². The van der Waals surface area contributed by atoms with Gasteiger partial charge < -0.3 is 4.74 Å². The fraction of sp³-hybridized carbons (Fsp3) is 0.711. The third-order valence-electron chi connectivity index (χ3n) is 13.1. The van der Waals surface area contributed by atoms with Crippen molar-refractivity contribution in [3.05, 3.63) is 42.5 Å². The average Bonchev–Trinajstić information content (AvgIpc) is 3.30. The Morgan fingerprint density at radius 3 is 2.44 bits per heavy atom. The van der Waals surface area contributed by atoms with E-state index in [4.69, 9.17) is 4.74 Å². The van der Waals surface area contributed by atoms with Gasteiger partial charge in [0.1, 0.15) is 6.10 Å². The van der Waals surface area contributed by atoms with Crippen LogP contribution in [-0.4, -0.2) is 12.2 Å². The molecule has 4 fully saturated rings. The van der Waals surface area contributed by atoms with Gasteiger partial charge in [-0.05, 0) is 133 Å². The second kappa shape index (κ2) is 11.6. The van der Waals surface area contributed by atoms with Crippen LogP contribution < -0.4 is 5.32 Å². The van der Waals surface area contributed by atoms with Gasteiger partial charge in [0, 0.05) is 5.69 Å². The quantitative estimate of drug-likeness (QED) is 0.368. The van der Waals surface area contributed by atoms with E-state index in [0.717, 1.165) is 59.4 Å². The minimum atomic E-state index is -0.296. The summed E-state index contributed by atoms with van der Waals surface area (Å²) in [6.07, 6.45) is 15.8. The molecule has 0 saturated heterocycles. The first-order valence-corrected chi connectivity index (χ1v) is 17.1. The topological polar surface area (TPSA) is 38.3 Å². The van der Waals surface area contributed by atoms with Crippen LogP contribution in [0.5, 0.6) is 0 Å². The van der Waals surface area contributed by atoms with Crippen molar-refractivity contribution in [3.8, 4) is 0 Å². The summed E-state index contributed by atoms with van der Waals surface area (Å²) >= 11 is 0. The highest BCUT2D eigenvalue weighted by atomic mass is 16.6. The van der Waals surface area contributed by atoms with Crippen LogP contribution in [0.1, 0.15) is 112 Å². The molecule has 0 heterocycles. The second-order valence-corrected chi connectivity index (χ2v) is 15.7. The lowest BCUT2D eigenvalue weighted by Gasteiger charge is -2.61. The predicted molar refractivity (Wildman–Crippen MR) is 171 cm³/mol. The first-order valence-electron chi connectivity index (χ1n) is 17.1. The molecule has 4 saturated carbocycles. The Bertz CT molecular complexity index is 1220. The van der Waals surface area contributed by atoms with Gasteiger partial charge in [-0.2, -0.15) is 0 Å². The van der Waals surface area contributed by atoms with Crippen LogP contribution in [0.2, 0.25) is 0 Å². The number of rotatable bonds is 7. The Morgan fingerprint density at radius 2 is 1.63 bits per heavy atom. The first kappa shape index (κ1) is 29.1. The van der Waals surface area contributed by atoms with Gasteiger partial charge >= 0.3 is 6.09 Å². The molecule has 9 atom stereocenters. The van der Waals surface area contributed by atoms with E-state index < -0.39 is 0 Å². The fourth-order valence-corrected chi connectivity index (χ4v) is 10.9. The number of anilines is 1. The molecule has 2 aromatic rings. The van der Waals surface area contributed by atoms with Crippen LogP contribution in [0, 0.1) is 52.3 Å². The third-order valence-corrected chi connectivity index (χ3v) is 13.1. The molecular weight excluding hydrogens is 502 g/mol. The van der Waals surface area contributed by atoms with Gasteiger partial charge in [0.2, 0.25) is 0 Å². The predicted octanol–water partition coefficient (Wildman–Crippen LogP) is 10.9. The zero-order valence-corrected chi connectivity index (χ0v) is 26.5. The van der Waals surface area contributed by atoms with Crippen molar-refractivity contribution >= 4 is 22.6 Å². The number of ether oxygens (including phenoxy) is 1. The molecule has 0 aromatic heterocycles. The van der Waals surface area contributed by atoms with Gasteiger partial charge in [-0.3, -0.25) is 5.32 Å². The highest BCUT2D eigenvalue weighted by Crippen LogP contribution is 2.68. The summed E-state index contributed by atoms with van der Waals surface area (Å²) < 4.78 is 6.06. The standard InChI is InChI=1S/C38H55NO2/c1-25(2)9-8-10-26(3)33-17-18-34-32-16-14-29-24-31(19-21-37(29,4)35(32)20-22-38(33,34)5)41-36(40)39-30-15-13-27-11-6-7-12-28(27)23-30/h6-7,11-13,15,23,25-26,29,31-35H,8-10,14,16-22,24H2,1-5H3,(H,39,40)/t26-,29?,31+,32+,33-,34+,35+,37+,38-/m1/s1. The van der Waals surface area contributed by atoms with Crippen molar-refractivity contribution in [1.82, 2.24) is 0 Å². The minimum absolute atomic E-state index is 0.0430. The summed E-state index contributed by atoms with van der Waals surface area (Å²) in [5, 5.41) is 5.32. The molecule has 0 radical (unpaired) electrons. The molecule has 4 aliphatic rings. The van der Waals surface area contributed by atoms with Gasteiger partial charge in [0.25, 0.3) is 0 Å². The number of hydrogen-bond donors (Lipinski definition) is 1. The summed E-state index contributed by atoms with van der Waals surface area (Å²) in [6, 6.07) is 14.3. The molecule has 0 bridgehead atoms. The summed E-state index contributed by atoms with van der Waals surface area (Å²) in [5.74, 6) is 6.03. The molecule has 6 rings (SSSR count). The van der Waals surface area contributed by atoms with Crippen LogP contribution in [-0.2, 0) is 4.74 Å². The van der Waals surface area contributed by atoms with Crippen LogP contribution in [0.4, 0.5) is 10.5 Å². The van der Waals surface area contributed by atoms with Crippen molar-refractivity contribution in [2.45, 2.75) is 118 Å². The number of benzene rings is 2. The zero-order valence-electron chi connectivity index (χ0n) is 26.5. The fourth-order valence-electron chi connectivity index (χ4n) is 10.9. The number of hydrogen-bond acceptors (Lipinski definition) is 2. The van der Waals surface area contributed by atoms with E-state index in [1.165, 1.54) is 69.6 Å². The van der Waals surface area contributed by atoms with E-state index >= 15 is 0 Å². The number of carbonyl (C=O) groups excluding carboxylic acids is 1. The molecule has 224 valence electrons. The van der Waals surface area contributed by atoms with Gasteiger partial charge in [-0.25, -0.2) is 4.79 Å². The van der Waals surface area contributed by atoms with Gasteiger partial charge in [-0.15, -0.1) is 0 Å². The van der Waals surface area contributed by atoms with E-state index in [9.17, 15) is 4.79 Å². The number of carbonyl (C=O) groups is 1. The zero-order chi connectivity index (χ0) is 28.8. The second-order valence-electron chi connectivity index (χ2n) is 15.7. The monoisotopic (exact) mass is 557 g/mol. The highest BCUT2D eigenvalue weighted by Gasteiger charge is 2.60. The summed E-state index contributed by atoms with van der Waals surface area (Å²) in [6.45, 7) is 12.7. The normalized spacial score (nSPS) is 37.2. The smallest absolute Gasteiger partial charge is 0.411 e. The highest BCUT2D eigenvalue weighted by molar-refractivity contribution is 5.91. The van der Waals surface area contributed by atoms with Gasteiger partial charge in [0.15, 0.2) is 0 Å². The van der Waals surface area contributed by atoms with Crippen LogP contribution in [0.3, 0.4) is 0 Å². The lowest BCUT2D eigenvalue weighted by molar-refractivity contribution is -0.129. The van der Waals surface area contributed by atoms with Gasteiger partial charge in [-0.1, -0.05) is 84.2 Å². The number of amides is 1. The molecule has 3 heteroatoms. The van der Waals surface area contributed by atoms with E-state index in [2.05, 4.69) is 58.1 Å². The maximum atomic E-state index is 12.9. The maximum absolute atomic E-state index is 12.9. The average molecular weight is 558 g/mol. The molecule has 0 aliphatic heterocycles. The van der Waals surface area contributed by atoms with Crippen molar-refractivity contribution in [2.24, 2.45) is 52.3 Å². The molecule has 2 aromatic carbocycles. The molecular formula is C38H55NO2. The Morgan fingerprint density at radius 1 is 0.878 bits per heavy atom. The molecule has 3 nitrogen and oxygen atoms in total. The van der Waals surface area contributed by atoms with Crippen molar-refractivity contribution < 1.29 is 9.53 Å². The van der Waals surface area contributed by atoms with E-state index in [-0.39, 0.29) is 12.2 Å². The van der Waals surface area contributed by atoms with E-state index in [0.29, 0.717) is 16.7 Å². The molecule has 41 heavy (non-hydrogen) atoms. The molecule has 1 amide bonds. The lowest BCUT2D eigenvalue weighted by atomic mass is 9.44. The lowest BCUT2D eigenvalue weighted by Crippen LogP contribution is -2.54. The summed E-state index contributed by atoms with van der Waals surface area (Å²) in [7, 11) is 0. The SMILES string of the molecule is CC(C)CCC[C@@H](C)[C@H]1CC[C@H]2[C@@H]3CCC4C[C@@H](OC(=O)Nc5ccc6ccccc6c5)CC[C@]4(C)[C@H]3CC[C@]12C. The molecule has 4 aliphatic carbocycles. The molecule has 1 N–H and O–H groups in total. The molecule has 0 spiro atoms. The molecule has 1 unspecified atom stereocenters. The first-order chi connectivity index (χ1) is 19.7. The third kappa shape index (κ3) is 5.56. The van der Waals surface area contributed by atoms with Crippen LogP contribution >= 0.6 is 0 Å². The maximum Gasteiger partial charge on any atom is 0.411 e. The van der Waals surface area contributed by atoms with Crippen molar-refractivity contribution in [3.63, 3.8) is 0 Å². The Labute approximate surface area is 249 Å². The number of fused-ring (bicyclic) bond motifs is 6. The Balaban J connectivity index is 1.06.